The van der Waals surface area contributed by atoms with Crippen LogP contribution in [0.3, 0.4) is 0 Å². The van der Waals surface area contributed by atoms with Gasteiger partial charge in [-0.15, -0.1) is 0 Å². The first-order chi connectivity index (χ1) is 9.38. The summed E-state index contributed by atoms with van der Waals surface area (Å²) >= 11 is 0. The van der Waals surface area contributed by atoms with E-state index in [4.69, 9.17) is 0 Å². The van der Waals surface area contributed by atoms with Gasteiger partial charge >= 0.3 is 0 Å². The maximum Gasteiger partial charge on any atom is 0.0659 e. The van der Waals surface area contributed by atoms with Crippen molar-refractivity contribution in [1.82, 2.24) is 9.78 Å². The smallest absolute Gasteiger partial charge is 0.0659 e. The molecule has 0 unspecified atom stereocenters. The molecule has 0 bridgehead atoms. The fourth-order valence-corrected chi connectivity index (χ4v) is 3.32. The summed E-state index contributed by atoms with van der Waals surface area (Å²) in [7, 11) is 0. The second-order valence-corrected chi connectivity index (χ2v) is 7.35. The molecular formula is C18H24N2. The molecule has 0 spiro atoms. The Morgan fingerprint density at radius 3 is 2.40 bits per heavy atom. The van der Waals surface area contributed by atoms with Gasteiger partial charge in [-0.25, -0.2) is 0 Å². The molecule has 1 aromatic carbocycles. The highest BCUT2D eigenvalue weighted by Crippen LogP contribution is 2.45. The summed E-state index contributed by atoms with van der Waals surface area (Å²) in [5.74, 6) is 0. The Morgan fingerprint density at radius 2 is 1.75 bits per heavy atom. The first-order valence-corrected chi connectivity index (χ1v) is 7.50. The summed E-state index contributed by atoms with van der Waals surface area (Å²) in [6.45, 7) is 10.3. The molecule has 1 aromatic heterocycles. The average molecular weight is 268 g/mol. The van der Waals surface area contributed by atoms with Crippen LogP contribution in [0.2, 0.25) is 0 Å². The number of hydrogen-bond donors (Lipinski definition) is 0. The third-order valence-electron chi connectivity index (χ3n) is 4.82. The third kappa shape index (κ3) is 2.28. The standard InChI is InChI=1S/C18H24N2/c1-17(2)8-9-18(3,4)16-12-14(6-7-15(16)17)13-20-11-5-10-19-20/h5-7,10-12H,8-9,13H2,1-4H3. The van der Waals surface area contributed by atoms with Crippen molar-refractivity contribution in [3.8, 4) is 0 Å². The minimum atomic E-state index is 0.283. The van der Waals surface area contributed by atoms with Gasteiger partial charge in [-0.05, 0) is 46.4 Å². The Labute approximate surface area is 121 Å². The van der Waals surface area contributed by atoms with E-state index < -0.39 is 0 Å². The molecule has 2 aromatic rings. The van der Waals surface area contributed by atoms with Gasteiger partial charge < -0.3 is 0 Å². The Bertz CT molecular complexity index is 606. The van der Waals surface area contributed by atoms with E-state index in [2.05, 4.69) is 51.0 Å². The van der Waals surface area contributed by atoms with E-state index in [1.165, 1.54) is 29.5 Å². The largest absolute Gasteiger partial charge is 0.268 e. The van der Waals surface area contributed by atoms with Crippen LogP contribution in [-0.4, -0.2) is 9.78 Å². The SMILES string of the molecule is CC1(C)CCC(C)(C)c2cc(Cn3cccn3)ccc21. The lowest BCUT2D eigenvalue weighted by Gasteiger charge is -2.42. The molecule has 0 saturated heterocycles. The van der Waals surface area contributed by atoms with Crippen molar-refractivity contribution in [3.63, 3.8) is 0 Å². The first kappa shape index (κ1) is 13.4. The van der Waals surface area contributed by atoms with E-state index in [-0.39, 0.29) is 5.41 Å². The highest BCUT2D eigenvalue weighted by Gasteiger charge is 2.36. The van der Waals surface area contributed by atoms with Gasteiger partial charge in [-0.2, -0.15) is 5.10 Å². The van der Waals surface area contributed by atoms with Crippen molar-refractivity contribution < 1.29 is 0 Å². The lowest BCUT2D eigenvalue weighted by Crippen LogP contribution is -2.33. The zero-order valence-electron chi connectivity index (χ0n) is 13.0. The van der Waals surface area contributed by atoms with Gasteiger partial charge in [0.25, 0.3) is 0 Å². The number of nitrogens with zero attached hydrogens (tertiary/aromatic N) is 2. The highest BCUT2D eigenvalue weighted by molar-refractivity contribution is 5.43. The first-order valence-electron chi connectivity index (χ1n) is 7.50. The van der Waals surface area contributed by atoms with Crippen molar-refractivity contribution in [2.75, 3.05) is 0 Å². The van der Waals surface area contributed by atoms with Gasteiger partial charge in [0, 0.05) is 12.4 Å². The number of aromatic nitrogens is 2. The zero-order chi connectivity index (χ0) is 14.4. The van der Waals surface area contributed by atoms with Crippen LogP contribution in [0.1, 0.15) is 57.2 Å². The molecule has 3 rings (SSSR count). The summed E-state index contributed by atoms with van der Waals surface area (Å²) in [5, 5.41) is 4.31. The number of hydrogen-bond acceptors (Lipinski definition) is 1. The molecule has 2 nitrogen and oxygen atoms in total. The quantitative estimate of drug-likeness (QED) is 0.795. The van der Waals surface area contributed by atoms with E-state index in [1.54, 1.807) is 0 Å². The van der Waals surface area contributed by atoms with E-state index in [9.17, 15) is 0 Å². The van der Waals surface area contributed by atoms with E-state index in [0.29, 0.717) is 5.41 Å². The maximum atomic E-state index is 4.31. The van der Waals surface area contributed by atoms with Crippen LogP contribution in [0.15, 0.2) is 36.7 Å². The van der Waals surface area contributed by atoms with E-state index in [1.807, 2.05) is 23.1 Å². The van der Waals surface area contributed by atoms with Crippen LogP contribution in [0.4, 0.5) is 0 Å². The van der Waals surface area contributed by atoms with Gasteiger partial charge in [-0.1, -0.05) is 45.9 Å². The Morgan fingerprint density at radius 1 is 1.05 bits per heavy atom. The normalized spacial score (nSPS) is 19.6. The van der Waals surface area contributed by atoms with Crippen molar-refractivity contribution in [3.05, 3.63) is 53.3 Å². The topological polar surface area (TPSA) is 17.8 Å². The molecule has 0 atom stereocenters. The number of rotatable bonds is 2. The van der Waals surface area contributed by atoms with Crippen molar-refractivity contribution in [1.29, 1.82) is 0 Å². The minimum absolute atomic E-state index is 0.283. The van der Waals surface area contributed by atoms with Gasteiger partial charge in [0.05, 0.1) is 6.54 Å². The average Bonchev–Trinajstić information content (AvgIpc) is 2.88. The van der Waals surface area contributed by atoms with Crippen LogP contribution in [0, 0.1) is 0 Å². The fourth-order valence-electron chi connectivity index (χ4n) is 3.32. The summed E-state index contributed by atoms with van der Waals surface area (Å²) < 4.78 is 1.99. The zero-order valence-corrected chi connectivity index (χ0v) is 13.0. The van der Waals surface area contributed by atoms with Crippen LogP contribution < -0.4 is 0 Å². The van der Waals surface area contributed by atoms with Crippen LogP contribution in [-0.2, 0) is 17.4 Å². The summed E-state index contributed by atoms with van der Waals surface area (Å²) in [5.41, 5.74) is 4.98. The van der Waals surface area contributed by atoms with Crippen LogP contribution in [0.25, 0.3) is 0 Å². The Kier molecular flexibility index (Phi) is 3.00. The van der Waals surface area contributed by atoms with Gasteiger partial charge in [0.2, 0.25) is 0 Å². The number of benzene rings is 1. The molecule has 0 radical (unpaired) electrons. The molecule has 0 amide bonds. The predicted octanol–water partition coefficient (Wildman–Crippen LogP) is 4.28. The third-order valence-corrected chi connectivity index (χ3v) is 4.82. The van der Waals surface area contributed by atoms with Crippen molar-refractivity contribution in [2.45, 2.75) is 57.9 Å². The molecule has 0 aliphatic heterocycles. The predicted molar refractivity (Wildman–Crippen MR) is 83.1 cm³/mol. The van der Waals surface area contributed by atoms with Gasteiger partial charge in [0.1, 0.15) is 0 Å². The molecule has 0 N–H and O–H groups in total. The second kappa shape index (κ2) is 4.47. The molecule has 20 heavy (non-hydrogen) atoms. The Balaban J connectivity index is 2.02. The molecule has 1 aliphatic carbocycles. The van der Waals surface area contributed by atoms with Crippen molar-refractivity contribution >= 4 is 0 Å². The molecule has 2 heteroatoms. The maximum absolute atomic E-state index is 4.31. The fraction of sp³-hybridized carbons (Fsp3) is 0.500. The Hall–Kier alpha value is -1.57. The van der Waals surface area contributed by atoms with Crippen LogP contribution >= 0.6 is 0 Å². The monoisotopic (exact) mass is 268 g/mol. The molecule has 106 valence electrons. The molecule has 1 aliphatic rings. The highest BCUT2D eigenvalue weighted by atomic mass is 15.3. The van der Waals surface area contributed by atoms with Gasteiger partial charge in [0.15, 0.2) is 0 Å². The molecule has 0 saturated carbocycles. The van der Waals surface area contributed by atoms with Crippen LogP contribution in [0.5, 0.6) is 0 Å². The summed E-state index contributed by atoms with van der Waals surface area (Å²) in [4.78, 5) is 0. The summed E-state index contributed by atoms with van der Waals surface area (Å²) in [6.07, 6.45) is 6.39. The molecule has 1 heterocycles. The molecule has 0 fully saturated rings. The van der Waals surface area contributed by atoms with E-state index in [0.717, 1.165) is 6.54 Å². The lowest BCUT2D eigenvalue weighted by molar-refractivity contribution is 0.331. The van der Waals surface area contributed by atoms with Crippen molar-refractivity contribution in [2.24, 2.45) is 0 Å². The second-order valence-electron chi connectivity index (χ2n) is 7.35. The molecular weight excluding hydrogens is 244 g/mol. The van der Waals surface area contributed by atoms with E-state index >= 15 is 0 Å². The van der Waals surface area contributed by atoms with Gasteiger partial charge in [-0.3, -0.25) is 4.68 Å². The lowest BCUT2D eigenvalue weighted by atomic mass is 9.63. The minimum Gasteiger partial charge on any atom is -0.268 e. The summed E-state index contributed by atoms with van der Waals surface area (Å²) in [6, 6.07) is 8.99. The number of fused-ring (bicyclic) bond motifs is 1.